The van der Waals surface area contributed by atoms with Crippen LogP contribution in [0.1, 0.15) is 49.2 Å². The molecule has 0 bridgehead atoms. The van der Waals surface area contributed by atoms with Crippen LogP contribution in [0.5, 0.6) is 0 Å². The number of benzene rings is 3. The molecule has 0 saturated carbocycles. The molecule has 0 fully saturated rings. The van der Waals surface area contributed by atoms with Crippen LogP contribution in [0.2, 0.25) is 0 Å². The molecule has 0 spiro atoms. The van der Waals surface area contributed by atoms with E-state index in [4.69, 9.17) is 4.74 Å². The Hall–Kier alpha value is -3.53. The van der Waals surface area contributed by atoms with Crippen LogP contribution >= 0.6 is 0 Å². The minimum Gasteiger partial charge on any atom is -0.465 e. The second-order valence-corrected chi connectivity index (χ2v) is 9.22. The van der Waals surface area contributed by atoms with Crippen LogP contribution in [0.4, 0.5) is 11.4 Å². The van der Waals surface area contributed by atoms with E-state index in [0.29, 0.717) is 11.6 Å². The van der Waals surface area contributed by atoms with Gasteiger partial charge in [0.05, 0.1) is 12.7 Å². The van der Waals surface area contributed by atoms with Gasteiger partial charge in [-0.25, -0.2) is 4.79 Å². The molecule has 0 aromatic heterocycles. The first kappa shape index (κ1) is 25.1. The highest BCUT2D eigenvalue weighted by molar-refractivity contribution is 6.02. The predicted molar refractivity (Wildman–Crippen MR) is 145 cm³/mol. The molecular formula is C30H36N2O2. The van der Waals surface area contributed by atoms with E-state index in [1.165, 1.54) is 12.7 Å². The summed E-state index contributed by atoms with van der Waals surface area (Å²) in [6, 6.07) is 19.1. The van der Waals surface area contributed by atoms with Crippen LogP contribution in [-0.4, -0.2) is 25.7 Å². The lowest BCUT2D eigenvalue weighted by Crippen LogP contribution is -2.10. The summed E-state index contributed by atoms with van der Waals surface area (Å²) in [7, 11) is 1.44. The molecule has 3 rings (SSSR count). The molecule has 0 aliphatic carbocycles. The van der Waals surface area contributed by atoms with E-state index in [-0.39, 0.29) is 5.97 Å². The van der Waals surface area contributed by atoms with Gasteiger partial charge in [-0.15, -0.1) is 0 Å². The summed E-state index contributed by atoms with van der Waals surface area (Å²) >= 11 is 0. The van der Waals surface area contributed by atoms with E-state index in [0.717, 1.165) is 51.3 Å². The lowest BCUT2D eigenvalue weighted by Gasteiger charge is -2.19. The molecule has 0 atom stereocenters. The summed E-state index contributed by atoms with van der Waals surface area (Å²) in [4.78, 5) is 13.0. The number of hydrogen-bond acceptors (Lipinski definition) is 4. The first-order valence-corrected chi connectivity index (χ1v) is 11.8. The minimum atomic E-state index is -0.318. The topological polar surface area (TPSA) is 50.4 Å². The molecule has 0 heterocycles. The zero-order valence-electron chi connectivity index (χ0n) is 21.4. The first-order valence-electron chi connectivity index (χ1n) is 11.8. The van der Waals surface area contributed by atoms with Gasteiger partial charge >= 0.3 is 5.97 Å². The van der Waals surface area contributed by atoms with Gasteiger partial charge in [-0.2, -0.15) is 0 Å². The number of nitrogens with one attached hydrogen (secondary N) is 2. The van der Waals surface area contributed by atoms with Gasteiger partial charge < -0.3 is 15.4 Å². The van der Waals surface area contributed by atoms with Crippen molar-refractivity contribution in [3.8, 4) is 22.3 Å². The number of hydrogen-bond donors (Lipinski definition) is 2. The first-order chi connectivity index (χ1) is 16.2. The highest BCUT2D eigenvalue weighted by Gasteiger charge is 2.22. The largest absolute Gasteiger partial charge is 0.465 e. The molecule has 4 heteroatoms. The number of ether oxygens (including phenoxy) is 1. The number of rotatable bonds is 8. The van der Waals surface area contributed by atoms with E-state index in [1.807, 2.05) is 6.92 Å². The van der Waals surface area contributed by atoms with Gasteiger partial charge in [0, 0.05) is 24.0 Å². The Morgan fingerprint density at radius 2 is 1.53 bits per heavy atom. The third-order valence-corrected chi connectivity index (χ3v) is 5.82. The zero-order valence-corrected chi connectivity index (χ0v) is 21.4. The Kier molecular flexibility index (Phi) is 8.17. The van der Waals surface area contributed by atoms with Crippen molar-refractivity contribution in [2.24, 2.45) is 0 Å². The maximum Gasteiger partial charge on any atom is 0.338 e. The highest BCUT2D eigenvalue weighted by Crippen LogP contribution is 2.37. The average Bonchev–Trinajstić information content (AvgIpc) is 2.80. The van der Waals surface area contributed by atoms with Gasteiger partial charge in [-0.3, -0.25) is 0 Å². The van der Waals surface area contributed by atoms with Crippen LogP contribution in [0.15, 0.2) is 66.2 Å². The zero-order chi connectivity index (χ0) is 24.8. The molecule has 3 aromatic rings. The second-order valence-electron chi connectivity index (χ2n) is 9.22. The monoisotopic (exact) mass is 456 g/mol. The fourth-order valence-corrected chi connectivity index (χ4v) is 4.15. The summed E-state index contributed by atoms with van der Waals surface area (Å²) in [6.45, 7) is 13.3. The summed E-state index contributed by atoms with van der Waals surface area (Å²) in [6.07, 6.45) is 2.15. The molecule has 0 saturated heterocycles. The standard InChI is InChI=1S/C30H36N2O2/c1-19(2)16-17-31-25-12-10-24(11-13-25)28-21(5)18-27(22(6)29(28)30(33)34-7)23-8-14-26(15-9-23)32-20(3)4/h8-16,18,20,31-32H,17H2,1-7H3. The van der Waals surface area contributed by atoms with Gasteiger partial charge in [0.15, 0.2) is 0 Å². The van der Waals surface area contributed by atoms with Crippen molar-refractivity contribution in [2.45, 2.75) is 47.6 Å². The van der Waals surface area contributed by atoms with E-state index in [9.17, 15) is 4.79 Å². The molecule has 3 aromatic carbocycles. The summed E-state index contributed by atoms with van der Waals surface area (Å²) < 4.78 is 5.22. The Morgan fingerprint density at radius 1 is 0.941 bits per heavy atom. The molecule has 34 heavy (non-hydrogen) atoms. The number of allylic oxidation sites excluding steroid dienone is 1. The number of aryl methyl sites for hydroxylation is 1. The van der Waals surface area contributed by atoms with Crippen LogP contribution in [0.3, 0.4) is 0 Å². The Morgan fingerprint density at radius 3 is 2.09 bits per heavy atom. The third kappa shape index (κ3) is 5.88. The summed E-state index contributed by atoms with van der Waals surface area (Å²) in [5, 5.41) is 6.82. The van der Waals surface area contributed by atoms with E-state index >= 15 is 0 Å². The fourth-order valence-electron chi connectivity index (χ4n) is 4.15. The Bertz CT molecular complexity index is 1170. The normalized spacial score (nSPS) is 10.7. The lowest BCUT2D eigenvalue weighted by atomic mass is 9.86. The molecule has 0 amide bonds. The van der Waals surface area contributed by atoms with Crippen molar-refractivity contribution in [3.63, 3.8) is 0 Å². The maximum absolute atomic E-state index is 13.0. The molecular weight excluding hydrogens is 420 g/mol. The lowest BCUT2D eigenvalue weighted by molar-refractivity contribution is 0.0601. The van der Waals surface area contributed by atoms with Crippen molar-refractivity contribution in [1.82, 2.24) is 0 Å². The number of esters is 1. The highest BCUT2D eigenvalue weighted by atomic mass is 16.5. The molecule has 0 aliphatic rings. The SMILES string of the molecule is COC(=O)c1c(C)c(-c2ccc(NC(C)C)cc2)cc(C)c1-c1ccc(NCC=C(C)C)cc1. The molecule has 2 N–H and O–H groups in total. The number of anilines is 2. The van der Waals surface area contributed by atoms with Crippen molar-refractivity contribution >= 4 is 17.3 Å². The van der Waals surface area contributed by atoms with Gasteiger partial charge in [-0.05, 0) is 99.2 Å². The van der Waals surface area contributed by atoms with Crippen molar-refractivity contribution < 1.29 is 9.53 Å². The summed E-state index contributed by atoms with van der Waals surface area (Å²) in [5.41, 5.74) is 10.0. The van der Waals surface area contributed by atoms with Gasteiger partial charge in [0.2, 0.25) is 0 Å². The van der Waals surface area contributed by atoms with E-state index < -0.39 is 0 Å². The Labute approximate surface area is 204 Å². The van der Waals surface area contributed by atoms with Crippen LogP contribution < -0.4 is 10.6 Å². The summed E-state index contributed by atoms with van der Waals surface area (Å²) in [5.74, 6) is -0.318. The molecule has 0 unspecified atom stereocenters. The predicted octanol–water partition coefficient (Wildman–Crippen LogP) is 7.62. The fraction of sp³-hybridized carbons (Fsp3) is 0.300. The number of methoxy groups -OCH3 is 1. The van der Waals surface area contributed by atoms with Crippen molar-refractivity contribution in [1.29, 1.82) is 0 Å². The van der Waals surface area contributed by atoms with Crippen molar-refractivity contribution in [3.05, 3.63) is 82.9 Å². The molecule has 178 valence electrons. The molecule has 4 nitrogen and oxygen atoms in total. The third-order valence-electron chi connectivity index (χ3n) is 5.82. The van der Waals surface area contributed by atoms with E-state index in [1.54, 1.807) is 0 Å². The maximum atomic E-state index is 13.0. The second kappa shape index (κ2) is 11.1. The quantitative estimate of drug-likeness (QED) is 0.270. The van der Waals surface area contributed by atoms with E-state index in [2.05, 4.69) is 106 Å². The van der Waals surface area contributed by atoms with Crippen LogP contribution in [-0.2, 0) is 4.74 Å². The van der Waals surface area contributed by atoms with Crippen LogP contribution in [0.25, 0.3) is 22.3 Å². The smallest absolute Gasteiger partial charge is 0.338 e. The molecule has 0 aliphatic heterocycles. The number of carbonyl (C=O) groups is 1. The Balaban J connectivity index is 2.03. The number of carbonyl (C=O) groups excluding carboxylic acids is 1. The van der Waals surface area contributed by atoms with Crippen LogP contribution in [0, 0.1) is 13.8 Å². The van der Waals surface area contributed by atoms with Crippen molar-refractivity contribution in [2.75, 3.05) is 24.3 Å². The van der Waals surface area contributed by atoms with Gasteiger partial charge in [-0.1, -0.05) is 42.0 Å². The average molecular weight is 457 g/mol. The molecule has 0 radical (unpaired) electrons. The minimum absolute atomic E-state index is 0.318. The van der Waals surface area contributed by atoms with Gasteiger partial charge in [0.25, 0.3) is 0 Å². The van der Waals surface area contributed by atoms with Gasteiger partial charge in [0.1, 0.15) is 0 Å².